The number of rotatable bonds is 6. The van der Waals surface area contributed by atoms with Gasteiger partial charge in [-0.2, -0.15) is 13.2 Å². The second-order valence-corrected chi connectivity index (χ2v) is 4.57. The standard InChI is InChI=1S/C16H15F3O5/c1-3-23-15(22)12(14(21)9-24-10(2)20)8-11-6-4-5-7-13(11)16(17,18)19/h4-8H,3,9H2,1-2H3/b12-8+. The van der Waals surface area contributed by atoms with Gasteiger partial charge in [-0.25, -0.2) is 4.79 Å². The highest BCUT2D eigenvalue weighted by Crippen LogP contribution is 2.32. The lowest BCUT2D eigenvalue weighted by molar-refractivity contribution is -0.147. The van der Waals surface area contributed by atoms with Gasteiger partial charge >= 0.3 is 18.1 Å². The molecule has 0 saturated heterocycles. The zero-order chi connectivity index (χ0) is 18.3. The molecule has 0 aliphatic carbocycles. The third kappa shape index (κ3) is 5.53. The van der Waals surface area contributed by atoms with Crippen molar-refractivity contribution in [2.45, 2.75) is 20.0 Å². The highest BCUT2D eigenvalue weighted by atomic mass is 19.4. The molecule has 0 spiro atoms. The Labute approximate surface area is 136 Å². The summed E-state index contributed by atoms with van der Waals surface area (Å²) in [6, 6.07) is 4.46. The van der Waals surface area contributed by atoms with Gasteiger partial charge in [-0.1, -0.05) is 18.2 Å². The molecule has 8 heteroatoms. The van der Waals surface area contributed by atoms with Crippen LogP contribution in [0.25, 0.3) is 6.08 Å². The number of hydrogen-bond acceptors (Lipinski definition) is 5. The van der Waals surface area contributed by atoms with E-state index in [0.717, 1.165) is 25.1 Å². The molecule has 1 aromatic rings. The van der Waals surface area contributed by atoms with E-state index in [9.17, 15) is 27.6 Å². The molecule has 24 heavy (non-hydrogen) atoms. The maximum atomic E-state index is 13.0. The SMILES string of the molecule is CCOC(=O)/C(=C/c1ccccc1C(F)(F)F)C(=O)COC(C)=O. The topological polar surface area (TPSA) is 69.7 Å². The molecule has 5 nitrogen and oxygen atoms in total. The minimum atomic E-state index is -4.66. The maximum absolute atomic E-state index is 13.0. The molecule has 0 fully saturated rings. The number of carbonyl (C=O) groups is 3. The monoisotopic (exact) mass is 344 g/mol. The fourth-order valence-corrected chi connectivity index (χ4v) is 1.74. The molecule has 0 aliphatic rings. The van der Waals surface area contributed by atoms with Crippen molar-refractivity contribution in [2.24, 2.45) is 0 Å². The van der Waals surface area contributed by atoms with Crippen LogP contribution < -0.4 is 0 Å². The van der Waals surface area contributed by atoms with Crippen molar-refractivity contribution in [1.29, 1.82) is 0 Å². The first kappa shape index (κ1) is 19.4. The number of ketones is 1. The molecule has 0 bridgehead atoms. The fourth-order valence-electron chi connectivity index (χ4n) is 1.74. The van der Waals surface area contributed by atoms with E-state index in [4.69, 9.17) is 0 Å². The molecule has 0 N–H and O–H groups in total. The first-order valence-corrected chi connectivity index (χ1v) is 6.88. The average Bonchev–Trinajstić information content (AvgIpc) is 2.49. The summed E-state index contributed by atoms with van der Waals surface area (Å²) in [6.45, 7) is 1.70. The van der Waals surface area contributed by atoms with Crippen LogP contribution in [0.4, 0.5) is 13.2 Å². The summed E-state index contributed by atoms with van der Waals surface area (Å²) in [4.78, 5) is 34.6. The summed E-state index contributed by atoms with van der Waals surface area (Å²) in [5.74, 6) is -2.81. The van der Waals surface area contributed by atoms with Crippen molar-refractivity contribution >= 4 is 23.8 Å². The molecule has 0 saturated carbocycles. The molecule has 130 valence electrons. The molecular weight excluding hydrogens is 329 g/mol. The molecule has 0 amide bonds. The van der Waals surface area contributed by atoms with Crippen molar-refractivity contribution in [3.63, 3.8) is 0 Å². The van der Waals surface area contributed by atoms with E-state index in [1.165, 1.54) is 19.1 Å². The fraction of sp³-hybridized carbons (Fsp3) is 0.312. The highest BCUT2D eigenvalue weighted by Gasteiger charge is 2.33. The Hall–Kier alpha value is -2.64. The van der Waals surface area contributed by atoms with Crippen LogP contribution in [-0.2, 0) is 30.0 Å². The molecule has 0 unspecified atom stereocenters. The molecule has 1 aromatic carbocycles. The number of alkyl halides is 3. The Bertz CT molecular complexity index is 662. The van der Waals surface area contributed by atoms with Crippen LogP contribution in [0.5, 0.6) is 0 Å². The Morgan fingerprint density at radius 2 is 1.75 bits per heavy atom. The van der Waals surface area contributed by atoms with E-state index < -0.39 is 41.6 Å². The summed E-state index contributed by atoms with van der Waals surface area (Å²) >= 11 is 0. The van der Waals surface area contributed by atoms with Gasteiger partial charge in [0.25, 0.3) is 0 Å². The van der Waals surface area contributed by atoms with Crippen LogP contribution >= 0.6 is 0 Å². The lowest BCUT2D eigenvalue weighted by Gasteiger charge is -2.11. The number of Topliss-reactive ketones (excluding diaryl/α,β-unsaturated/α-hetero) is 1. The van der Waals surface area contributed by atoms with Crippen molar-refractivity contribution in [3.05, 3.63) is 41.0 Å². The summed E-state index contributed by atoms with van der Waals surface area (Å²) in [6.07, 6.45) is -3.88. The molecule has 0 atom stereocenters. The number of ether oxygens (including phenoxy) is 2. The maximum Gasteiger partial charge on any atom is 0.416 e. The van der Waals surface area contributed by atoms with Crippen LogP contribution in [0.3, 0.4) is 0 Å². The third-order valence-electron chi connectivity index (χ3n) is 2.77. The zero-order valence-electron chi connectivity index (χ0n) is 13.0. The Balaban J connectivity index is 3.29. The number of carbonyl (C=O) groups excluding carboxylic acids is 3. The van der Waals surface area contributed by atoms with E-state index in [2.05, 4.69) is 9.47 Å². The lowest BCUT2D eigenvalue weighted by atomic mass is 10.0. The first-order valence-electron chi connectivity index (χ1n) is 6.88. The molecule has 0 radical (unpaired) electrons. The van der Waals surface area contributed by atoms with Gasteiger partial charge < -0.3 is 9.47 Å². The van der Waals surface area contributed by atoms with Crippen molar-refractivity contribution < 1.29 is 37.0 Å². The number of esters is 2. The van der Waals surface area contributed by atoms with Gasteiger partial charge in [0.05, 0.1) is 12.2 Å². The largest absolute Gasteiger partial charge is 0.462 e. The highest BCUT2D eigenvalue weighted by molar-refractivity contribution is 6.21. The molecule has 1 rings (SSSR count). The van der Waals surface area contributed by atoms with Gasteiger partial charge in [0.15, 0.2) is 6.61 Å². The van der Waals surface area contributed by atoms with Crippen LogP contribution in [0, 0.1) is 0 Å². The van der Waals surface area contributed by atoms with Gasteiger partial charge in [-0.05, 0) is 24.6 Å². The van der Waals surface area contributed by atoms with Crippen LogP contribution in [0.2, 0.25) is 0 Å². The van der Waals surface area contributed by atoms with Crippen LogP contribution in [-0.4, -0.2) is 30.9 Å². The average molecular weight is 344 g/mol. The van der Waals surface area contributed by atoms with E-state index in [0.29, 0.717) is 0 Å². The summed E-state index contributed by atoms with van der Waals surface area (Å²) in [7, 11) is 0. The first-order chi connectivity index (χ1) is 11.2. The van der Waals surface area contributed by atoms with Crippen LogP contribution in [0.15, 0.2) is 29.8 Å². The minimum absolute atomic E-state index is 0.0715. The predicted molar refractivity (Wildman–Crippen MR) is 77.7 cm³/mol. The van der Waals surface area contributed by atoms with Crippen molar-refractivity contribution in [1.82, 2.24) is 0 Å². The van der Waals surface area contributed by atoms with Gasteiger partial charge in [0, 0.05) is 6.92 Å². The number of hydrogen-bond donors (Lipinski definition) is 0. The number of benzene rings is 1. The number of halogens is 3. The smallest absolute Gasteiger partial charge is 0.416 e. The van der Waals surface area contributed by atoms with Gasteiger partial charge in [-0.15, -0.1) is 0 Å². The van der Waals surface area contributed by atoms with Crippen molar-refractivity contribution in [3.8, 4) is 0 Å². The summed E-state index contributed by atoms with van der Waals surface area (Å²) < 4.78 is 48.2. The van der Waals surface area contributed by atoms with Crippen LogP contribution in [0.1, 0.15) is 25.0 Å². The zero-order valence-corrected chi connectivity index (χ0v) is 13.0. The van der Waals surface area contributed by atoms with E-state index >= 15 is 0 Å². The Morgan fingerprint density at radius 3 is 2.29 bits per heavy atom. The molecule has 0 heterocycles. The quantitative estimate of drug-likeness (QED) is 0.343. The van der Waals surface area contributed by atoms with Gasteiger partial charge in [0.1, 0.15) is 5.57 Å². The minimum Gasteiger partial charge on any atom is -0.462 e. The predicted octanol–water partition coefficient (Wildman–Crippen LogP) is 2.78. The summed E-state index contributed by atoms with van der Waals surface area (Å²) in [5.41, 5.74) is -2.01. The van der Waals surface area contributed by atoms with E-state index in [1.807, 2.05) is 0 Å². The van der Waals surface area contributed by atoms with E-state index in [1.54, 1.807) is 0 Å². The molecular formula is C16H15F3O5. The Kier molecular flexibility index (Phi) is 6.69. The second kappa shape index (κ2) is 8.28. The van der Waals surface area contributed by atoms with Crippen molar-refractivity contribution in [2.75, 3.05) is 13.2 Å². The van der Waals surface area contributed by atoms with E-state index in [-0.39, 0.29) is 12.2 Å². The van der Waals surface area contributed by atoms with Gasteiger partial charge in [-0.3, -0.25) is 9.59 Å². The second-order valence-electron chi connectivity index (χ2n) is 4.57. The normalized spacial score (nSPS) is 11.8. The lowest BCUT2D eigenvalue weighted by Crippen LogP contribution is -2.21. The molecule has 0 aliphatic heterocycles. The summed E-state index contributed by atoms with van der Waals surface area (Å²) in [5, 5.41) is 0. The third-order valence-corrected chi connectivity index (χ3v) is 2.77. The van der Waals surface area contributed by atoms with Gasteiger partial charge in [0.2, 0.25) is 5.78 Å². The molecule has 0 aromatic heterocycles. The Morgan fingerprint density at radius 1 is 1.12 bits per heavy atom.